The molecular formula is C14H19NO3. The Hall–Kier alpha value is -1.68. The zero-order valence-corrected chi connectivity index (χ0v) is 11.0. The van der Waals surface area contributed by atoms with Crippen molar-refractivity contribution in [2.45, 2.75) is 38.8 Å². The highest BCUT2D eigenvalue weighted by Crippen LogP contribution is 2.17. The number of rotatable bonds is 4. The fraction of sp³-hybridized carbons (Fsp3) is 0.429. The van der Waals surface area contributed by atoms with Crippen LogP contribution in [0, 0.1) is 0 Å². The summed E-state index contributed by atoms with van der Waals surface area (Å²) in [4.78, 5) is 22.1. The van der Waals surface area contributed by atoms with Crippen molar-refractivity contribution in [1.82, 2.24) is 0 Å². The van der Waals surface area contributed by atoms with Crippen molar-refractivity contribution in [2.24, 2.45) is 5.73 Å². The van der Waals surface area contributed by atoms with Crippen molar-refractivity contribution in [3.05, 3.63) is 35.4 Å². The first-order valence-corrected chi connectivity index (χ1v) is 5.84. The van der Waals surface area contributed by atoms with Crippen LogP contribution in [0.5, 0.6) is 0 Å². The molecule has 0 aromatic heterocycles. The van der Waals surface area contributed by atoms with Crippen molar-refractivity contribution in [3.8, 4) is 0 Å². The maximum atomic E-state index is 11.8. The van der Waals surface area contributed by atoms with Gasteiger partial charge in [-0.25, -0.2) is 4.79 Å². The van der Waals surface area contributed by atoms with Gasteiger partial charge in [0.15, 0.2) is 0 Å². The smallest absolute Gasteiger partial charge is 0.328 e. The van der Waals surface area contributed by atoms with Crippen LogP contribution in [0.4, 0.5) is 0 Å². The van der Waals surface area contributed by atoms with Gasteiger partial charge < -0.3 is 15.3 Å². The number of carbonyl (C=O) groups excluding carboxylic acids is 2. The Balaban J connectivity index is 2.74. The zero-order chi connectivity index (χ0) is 13.8. The van der Waals surface area contributed by atoms with E-state index in [1.165, 1.54) is 0 Å². The Morgan fingerprint density at radius 3 is 2.33 bits per heavy atom. The molecule has 1 aromatic rings. The van der Waals surface area contributed by atoms with Crippen LogP contribution in [0.2, 0.25) is 0 Å². The van der Waals surface area contributed by atoms with Crippen LogP contribution in [-0.4, -0.2) is 17.9 Å². The molecule has 2 N–H and O–H groups in total. The van der Waals surface area contributed by atoms with Crippen molar-refractivity contribution in [1.29, 1.82) is 0 Å². The predicted octanol–water partition coefficient (Wildman–Crippen LogP) is 1.77. The van der Waals surface area contributed by atoms with E-state index in [2.05, 4.69) is 0 Å². The van der Waals surface area contributed by atoms with Crippen LogP contribution < -0.4 is 5.73 Å². The van der Waals surface area contributed by atoms with Gasteiger partial charge in [0.25, 0.3) is 0 Å². The second kappa shape index (κ2) is 5.78. The third-order valence-electron chi connectivity index (χ3n) is 2.32. The maximum Gasteiger partial charge on any atom is 0.328 e. The van der Waals surface area contributed by atoms with Crippen molar-refractivity contribution in [2.75, 3.05) is 0 Å². The topological polar surface area (TPSA) is 69.4 Å². The van der Waals surface area contributed by atoms with E-state index in [0.717, 1.165) is 11.8 Å². The number of benzene rings is 1. The van der Waals surface area contributed by atoms with Gasteiger partial charge in [0, 0.05) is 6.42 Å². The Labute approximate surface area is 107 Å². The van der Waals surface area contributed by atoms with Crippen molar-refractivity contribution in [3.63, 3.8) is 0 Å². The van der Waals surface area contributed by atoms with Crippen LogP contribution in [-0.2, 0) is 20.7 Å². The lowest BCUT2D eigenvalue weighted by atomic mass is 10.0. The number of ether oxygens (including phenoxy) is 1. The molecule has 1 aromatic carbocycles. The number of hydrogen-bond acceptors (Lipinski definition) is 4. The van der Waals surface area contributed by atoms with Crippen LogP contribution in [0.3, 0.4) is 0 Å². The number of nitrogens with two attached hydrogens (primary N) is 1. The standard InChI is InChI=1S/C14H19NO3/c1-14(2,3)18-13(17)12(15)11-6-4-10(5-7-11)8-9-16/h4-7,9,12H,8,15H2,1-3H3. The van der Waals surface area contributed by atoms with E-state index >= 15 is 0 Å². The van der Waals surface area contributed by atoms with Gasteiger partial charge in [-0.05, 0) is 31.9 Å². The van der Waals surface area contributed by atoms with Crippen molar-refractivity contribution >= 4 is 12.3 Å². The van der Waals surface area contributed by atoms with Crippen LogP contribution in [0.15, 0.2) is 24.3 Å². The lowest BCUT2D eigenvalue weighted by Crippen LogP contribution is -2.31. The number of aldehydes is 1. The van der Waals surface area contributed by atoms with Gasteiger partial charge in [0.1, 0.15) is 17.9 Å². The zero-order valence-electron chi connectivity index (χ0n) is 11.0. The van der Waals surface area contributed by atoms with E-state index in [-0.39, 0.29) is 0 Å². The molecule has 1 unspecified atom stereocenters. The molecule has 1 rings (SSSR count). The molecule has 98 valence electrons. The number of hydrogen-bond donors (Lipinski definition) is 1. The molecule has 4 nitrogen and oxygen atoms in total. The lowest BCUT2D eigenvalue weighted by molar-refractivity contribution is -0.156. The van der Waals surface area contributed by atoms with Gasteiger partial charge >= 0.3 is 5.97 Å². The largest absolute Gasteiger partial charge is 0.459 e. The van der Waals surface area contributed by atoms with Gasteiger partial charge in [-0.2, -0.15) is 0 Å². The molecule has 1 atom stereocenters. The van der Waals surface area contributed by atoms with Crippen molar-refractivity contribution < 1.29 is 14.3 Å². The van der Waals surface area contributed by atoms with Crippen LogP contribution in [0.25, 0.3) is 0 Å². The molecule has 0 amide bonds. The molecule has 18 heavy (non-hydrogen) atoms. The second-order valence-corrected chi connectivity index (χ2v) is 5.12. The van der Waals surface area contributed by atoms with Gasteiger partial charge in [0.2, 0.25) is 0 Å². The summed E-state index contributed by atoms with van der Waals surface area (Å²) in [5.74, 6) is -0.453. The van der Waals surface area contributed by atoms with E-state index in [1.807, 2.05) is 0 Å². The molecule has 0 heterocycles. The molecular weight excluding hydrogens is 230 g/mol. The summed E-state index contributed by atoms with van der Waals surface area (Å²) in [5.41, 5.74) is 6.85. The molecule has 0 saturated heterocycles. The fourth-order valence-electron chi connectivity index (χ4n) is 1.46. The predicted molar refractivity (Wildman–Crippen MR) is 69.0 cm³/mol. The molecule has 0 aliphatic carbocycles. The van der Waals surface area contributed by atoms with Gasteiger partial charge in [0.05, 0.1) is 0 Å². The van der Waals surface area contributed by atoms with Gasteiger partial charge in [-0.1, -0.05) is 24.3 Å². The molecule has 4 heteroatoms. The first-order valence-electron chi connectivity index (χ1n) is 5.84. The molecule has 0 aliphatic heterocycles. The monoisotopic (exact) mass is 249 g/mol. The minimum absolute atomic E-state index is 0.363. The normalized spacial score (nSPS) is 12.9. The summed E-state index contributed by atoms with van der Waals surface area (Å²) >= 11 is 0. The Morgan fingerprint density at radius 2 is 1.89 bits per heavy atom. The van der Waals surface area contributed by atoms with E-state index in [4.69, 9.17) is 10.5 Å². The molecule has 0 aliphatic rings. The Morgan fingerprint density at radius 1 is 1.33 bits per heavy atom. The Kier molecular flexibility index (Phi) is 4.62. The summed E-state index contributed by atoms with van der Waals surface area (Å²) in [7, 11) is 0. The van der Waals surface area contributed by atoms with Gasteiger partial charge in [-0.15, -0.1) is 0 Å². The quantitative estimate of drug-likeness (QED) is 0.652. The summed E-state index contributed by atoms with van der Waals surface area (Å²) in [6, 6.07) is 6.26. The third-order valence-corrected chi connectivity index (χ3v) is 2.32. The highest BCUT2D eigenvalue weighted by Gasteiger charge is 2.23. The molecule has 0 fully saturated rings. The van der Waals surface area contributed by atoms with E-state index in [1.54, 1.807) is 45.0 Å². The lowest BCUT2D eigenvalue weighted by Gasteiger charge is -2.22. The summed E-state index contributed by atoms with van der Waals surface area (Å²) in [5, 5.41) is 0. The SMILES string of the molecule is CC(C)(C)OC(=O)C(N)c1ccc(CC=O)cc1. The van der Waals surface area contributed by atoms with Crippen LogP contribution >= 0.6 is 0 Å². The summed E-state index contributed by atoms with van der Waals surface area (Å²) in [6.07, 6.45) is 1.20. The average molecular weight is 249 g/mol. The number of carbonyl (C=O) groups is 2. The minimum atomic E-state index is -0.797. The minimum Gasteiger partial charge on any atom is -0.459 e. The Bertz CT molecular complexity index is 418. The maximum absolute atomic E-state index is 11.8. The van der Waals surface area contributed by atoms with E-state index < -0.39 is 17.6 Å². The van der Waals surface area contributed by atoms with E-state index in [9.17, 15) is 9.59 Å². The second-order valence-electron chi connectivity index (χ2n) is 5.12. The highest BCUT2D eigenvalue weighted by atomic mass is 16.6. The first kappa shape index (κ1) is 14.4. The summed E-state index contributed by atoms with van der Waals surface area (Å²) in [6.45, 7) is 5.39. The average Bonchev–Trinajstić information content (AvgIpc) is 2.27. The molecule has 0 saturated carbocycles. The summed E-state index contributed by atoms with van der Waals surface area (Å²) < 4.78 is 5.21. The number of esters is 1. The van der Waals surface area contributed by atoms with E-state index in [0.29, 0.717) is 12.0 Å². The van der Waals surface area contributed by atoms with Crippen LogP contribution in [0.1, 0.15) is 37.9 Å². The third kappa shape index (κ3) is 4.30. The molecule has 0 radical (unpaired) electrons. The highest BCUT2D eigenvalue weighted by molar-refractivity contribution is 5.77. The molecule has 0 bridgehead atoms. The first-order chi connectivity index (χ1) is 8.33. The molecule has 0 spiro atoms. The van der Waals surface area contributed by atoms with Gasteiger partial charge in [-0.3, -0.25) is 0 Å². The fourth-order valence-corrected chi connectivity index (χ4v) is 1.46.